The Kier molecular flexibility index (Phi) is 6.41. The van der Waals surface area contributed by atoms with Crippen molar-refractivity contribution in [3.05, 3.63) is 53.6 Å². The van der Waals surface area contributed by atoms with E-state index in [-0.39, 0.29) is 23.5 Å². The van der Waals surface area contributed by atoms with Crippen molar-refractivity contribution in [3.8, 4) is 5.75 Å². The molecule has 2 aromatic carbocycles. The maximum absolute atomic E-state index is 12.0. The first kappa shape index (κ1) is 19.2. The van der Waals surface area contributed by atoms with Crippen LogP contribution in [0.1, 0.15) is 13.8 Å². The topological polar surface area (TPSA) is 84.5 Å². The SMILES string of the molecule is CC(C)NS(=O)(=O)c1ccc(NC(=O)COc2ccc(Cl)cc2)cc1. The number of halogens is 1. The van der Waals surface area contributed by atoms with Gasteiger partial charge in [-0.1, -0.05) is 11.6 Å². The molecule has 8 heteroatoms. The molecule has 25 heavy (non-hydrogen) atoms. The maximum Gasteiger partial charge on any atom is 0.262 e. The standard InChI is InChI=1S/C17H19ClN2O4S/c1-12(2)20-25(22,23)16-9-5-14(6-10-16)19-17(21)11-24-15-7-3-13(18)4-8-15/h3-10,12,20H,11H2,1-2H3,(H,19,21). The summed E-state index contributed by atoms with van der Waals surface area (Å²) in [6.45, 7) is 3.32. The van der Waals surface area contributed by atoms with Crippen LogP contribution in [0.3, 0.4) is 0 Å². The van der Waals surface area contributed by atoms with E-state index in [2.05, 4.69) is 10.0 Å². The van der Waals surface area contributed by atoms with Gasteiger partial charge >= 0.3 is 0 Å². The number of ether oxygens (including phenoxy) is 1. The summed E-state index contributed by atoms with van der Waals surface area (Å²) < 4.78 is 31.9. The first-order valence-electron chi connectivity index (χ1n) is 7.57. The minimum atomic E-state index is -3.55. The number of amides is 1. The van der Waals surface area contributed by atoms with Gasteiger partial charge in [0.25, 0.3) is 5.91 Å². The van der Waals surface area contributed by atoms with Gasteiger partial charge in [-0.15, -0.1) is 0 Å². The zero-order valence-electron chi connectivity index (χ0n) is 13.8. The van der Waals surface area contributed by atoms with Gasteiger partial charge in [-0.05, 0) is 62.4 Å². The van der Waals surface area contributed by atoms with Crippen molar-refractivity contribution < 1.29 is 17.9 Å². The minimum absolute atomic E-state index is 0.136. The lowest BCUT2D eigenvalue weighted by molar-refractivity contribution is -0.118. The number of nitrogens with one attached hydrogen (secondary N) is 2. The van der Waals surface area contributed by atoms with Crippen molar-refractivity contribution in [2.75, 3.05) is 11.9 Å². The monoisotopic (exact) mass is 382 g/mol. The number of benzene rings is 2. The fourth-order valence-corrected chi connectivity index (χ4v) is 3.35. The molecular weight excluding hydrogens is 364 g/mol. The van der Waals surface area contributed by atoms with Gasteiger partial charge in [0, 0.05) is 16.8 Å². The van der Waals surface area contributed by atoms with Crippen LogP contribution >= 0.6 is 11.6 Å². The number of hydrogen-bond acceptors (Lipinski definition) is 4. The second kappa shape index (κ2) is 8.33. The van der Waals surface area contributed by atoms with E-state index in [0.29, 0.717) is 16.5 Å². The quantitative estimate of drug-likeness (QED) is 0.770. The number of anilines is 1. The van der Waals surface area contributed by atoms with E-state index in [9.17, 15) is 13.2 Å². The van der Waals surface area contributed by atoms with Gasteiger partial charge < -0.3 is 10.1 Å². The van der Waals surface area contributed by atoms with Crippen LogP contribution in [0.4, 0.5) is 5.69 Å². The van der Waals surface area contributed by atoms with Crippen molar-refractivity contribution in [3.63, 3.8) is 0 Å². The zero-order valence-corrected chi connectivity index (χ0v) is 15.4. The molecule has 6 nitrogen and oxygen atoms in total. The smallest absolute Gasteiger partial charge is 0.262 e. The molecule has 0 aliphatic heterocycles. The molecule has 0 spiro atoms. The summed E-state index contributed by atoms with van der Waals surface area (Å²) in [4.78, 5) is 12.0. The Morgan fingerprint density at radius 1 is 1.08 bits per heavy atom. The van der Waals surface area contributed by atoms with E-state index in [1.54, 1.807) is 38.1 Å². The first-order chi connectivity index (χ1) is 11.8. The van der Waals surface area contributed by atoms with Gasteiger partial charge in [0.15, 0.2) is 6.61 Å². The highest BCUT2D eigenvalue weighted by Gasteiger charge is 2.15. The molecule has 1 amide bonds. The third kappa shape index (κ3) is 6.04. The van der Waals surface area contributed by atoms with Gasteiger partial charge in [0.2, 0.25) is 10.0 Å². The van der Waals surface area contributed by atoms with E-state index >= 15 is 0 Å². The molecule has 134 valence electrons. The van der Waals surface area contributed by atoms with Gasteiger partial charge in [-0.3, -0.25) is 4.79 Å². The molecule has 0 aliphatic carbocycles. The molecule has 0 radical (unpaired) electrons. The molecule has 0 fully saturated rings. The van der Waals surface area contributed by atoms with Crippen molar-refractivity contribution in [2.24, 2.45) is 0 Å². The lowest BCUT2D eigenvalue weighted by atomic mass is 10.3. The second-order valence-corrected chi connectivity index (χ2v) is 7.74. The third-order valence-corrected chi connectivity index (χ3v) is 4.95. The van der Waals surface area contributed by atoms with Crippen molar-refractivity contribution in [2.45, 2.75) is 24.8 Å². The summed E-state index contributed by atoms with van der Waals surface area (Å²) in [7, 11) is -3.55. The molecule has 2 aromatic rings. The number of carbonyl (C=O) groups is 1. The predicted octanol–water partition coefficient (Wildman–Crippen LogP) is 3.04. The Morgan fingerprint density at radius 2 is 1.68 bits per heavy atom. The van der Waals surface area contributed by atoms with Crippen LogP contribution in [0, 0.1) is 0 Å². The minimum Gasteiger partial charge on any atom is -0.484 e. The number of sulfonamides is 1. The molecule has 0 bridgehead atoms. The molecule has 0 heterocycles. The normalized spacial score (nSPS) is 11.4. The van der Waals surface area contributed by atoms with Crippen LogP contribution in [0.15, 0.2) is 53.4 Å². The van der Waals surface area contributed by atoms with Crippen molar-refractivity contribution in [1.29, 1.82) is 0 Å². The average molecular weight is 383 g/mol. The van der Waals surface area contributed by atoms with Crippen LogP contribution in [0.5, 0.6) is 5.75 Å². The summed E-state index contributed by atoms with van der Waals surface area (Å²) in [5.74, 6) is 0.173. The Hall–Kier alpha value is -2.09. The Labute approximate surface area is 152 Å². The molecule has 0 saturated carbocycles. The largest absolute Gasteiger partial charge is 0.484 e. The van der Waals surface area contributed by atoms with E-state index in [1.807, 2.05) is 0 Å². The molecule has 0 atom stereocenters. The van der Waals surface area contributed by atoms with E-state index in [4.69, 9.17) is 16.3 Å². The summed E-state index contributed by atoms with van der Waals surface area (Å²) in [5, 5.41) is 3.22. The highest BCUT2D eigenvalue weighted by Crippen LogP contribution is 2.16. The first-order valence-corrected chi connectivity index (χ1v) is 9.43. The number of carbonyl (C=O) groups excluding carboxylic acids is 1. The molecular formula is C17H19ClN2O4S. The van der Waals surface area contributed by atoms with E-state index in [0.717, 1.165) is 0 Å². The average Bonchev–Trinajstić information content (AvgIpc) is 2.54. The van der Waals surface area contributed by atoms with E-state index in [1.165, 1.54) is 24.3 Å². The Bertz CT molecular complexity index is 819. The van der Waals surface area contributed by atoms with Crippen LogP contribution in [-0.2, 0) is 14.8 Å². The van der Waals surface area contributed by atoms with Crippen LogP contribution in [-0.4, -0.2) is 27.0 Å². The fraction of sp³-hybridized carbons (Fsp3) is 0.235. The Balaban J connectivity index is 1.92. The highest BCUT2D eigenvalue weighted by atomic mass is 35.5. The van der Waals surface area contributed by atoms with Crippen molar-refractivity contribution in [1.82, 2.24) is 4.72 Å². The van der Waals surface area contributed by atoms with Gasteiger partial charge in [0.1, 0.15) is 5.75 Å². The van der Waals surface area contributed by atoms with Gasteiger partial charge in [0.05, 0.1) is 4.90 Å². The number of rotatable bonds is 7. The lowest BCUT2D eigenvalue weighted by Crippen LogP contribution is -2.30. The number of hydrogen-bond donors (Lipinski definition) is 2. The fourth-order valence-electron chi connectivity index (χ4n) is 1.97. The molecule has 0 saturated heterocycles. The van der Waals surface area contributed by atoms with Crippen LogP contribution in [0.2, 0.25) is 5.02 Å². The maximum atomic E-state index is 12.0. The van der Waals surface area contributed by atoms with Gasteiger partial charge in [-0.25, -0.2) is 13.1 Å². The van der Waals surface area contributed by atoms with Crippen molar-refractivity contribution >= 4 is 33.2 Å². The molecule has 0 aromatic heterocycles. The van der Waals surface area contributed by atoms with Gasteiger partial charge in [-0.2, -0.15) is 0 Å². The summed E-state index contributed by atoms with van der Waals surface area (Å²) in [5.41, 5.74) is 0.480. The van der Waals surface area contributed by atoms with Crippen LogP contribution < -0.4 is 14.8 Å². The zero-order chi connectivity index (χ0) is 18.4. The Morgan fingerprint density at radius 3 is 2.24 bits per heavy atom. The molecule has 2 rings (SSSR count). The third-order valence-electron chi connectivity index (χ3n) is 3.02. The van der Waals surface area contributed by atoms with Crippen LogP contribution in [0.25, 0.3) is 0 Å². The summed E-state index contributed by atoms with van der Waals surface area (Å²) in [6.07, 6.45) is 0. The highest BCUT2D eigenvalue weighted by molar-refractivity contribution is 7.89. The van der Waals surface area contributed by atoms with E-state index < -0.39 is 10.0 Å². The predicted molar refractivity (Wildman–Crippen MR) is 97.5 cm³/mol. The summed E-state index contributed by atoms with van der Waals surface area (Å²) >= 11 is 5.77. The lowest BCUT2D eigenvalue weighted by Gasteiger charge is -2.11. The molecule has 0 aliphatic rings. The molecule has 0 unspecified atom stereocenters. The second-order valence-electron chi connectivity index (χ2n) is 5.59. The molecule has 2 N–H and O–H groups in total. The summed E-state index contributed by atoms with van der Waals surface area (Å²) in [6, 6.07) is 12.4.